The summed E-state index contributed by atoms with van der Waals surface area (Å²) in [6, 6.07) is 7.70. The third-order valence-corrected chi connectivity index (χ3v) is 3.54. The molecule has 1 aromatic carbocycles. The van der Waals surface area contributed by atoms with E-state index in [2.05, 4.69) is 6.92 Å². The fraction of sp³-hybridized carbons (Fsp3) is 0.647. The quantitative estimate of drug-likeness (QED) is 0.464. The van der Waals surface area contributed by atoms with Gasteiger partial charge in [-0.3, -0.25) is 0 Å². The van der Waals surface area contributed by atoms with Crippen LogP contribution in [0.5, 0.6) is 5.75 Å². The maximum Gasteiger partial charge on any atom is 0.118 e. The van der Waals surface area contributed by atoms with Gasteiger partial charge in [0.1, 0.15) is 5.75 Å². The van der Waals surface area contributed by atoms with Gasteiger partial charge in [-0.15, -0.1) is 0 Å². The minimum atomic E-state index is 0. The third kappa shape index (κ3) is 9.54. The summed E-state index contributed by atoms with van der Waals surface area (Å²) in [4.78, 5) is 0. The molecule has 0 spiro atoms. The van der Waals surface area contributed by atoms with Crippen molar-refractivity contribution in [2.45, 2.75) is 71.1 Å². The molecule has 1 N–H and O–H groups in total. The second kappa shape index (κ2) is 13.0. The molecule has 0 fully saturated rings. The van der Waals surface area contributed by atoms with Crippen LogP contribution in [0.25, 0.3) is 0 Å². The van der Waals surface area contributed by atoms with E-state index in [1.807, 2.05) is 18.2 Å². The van der Waals surface area contributed by atoms with Crippen molar-refractivity contribution in [3.8, 4) is 5.75 Å². The predicted octanol–water partition coefficient (Wildman–Crippen LogP) is 5.08. The first-order chi connectivity index (χ1) is 8.84. The van der Waals surface area contributed by atoms with Gasteiger partial charge in [-0.25, -0.2) is 0 Å². The zero-order chi connectivity index (χ0) is 13.1. The van der Waals surface area contributed by atoms with Gasteiger partial charge >= 0.3 is 0 Å². The van der Waals surface area contributed by atoms with E-state index >= 15 is 0 Å². The van der Waals surface area contributed by atoms with E-state index in [0.29, 0.717) is 5.75 Å². The Morgan fingerprint density at radius 3 is 1.89 bits per heavy atom. The minimum absolute atomic E-state index is 0. The van der Waals surface area contributed by atoms with E-state index in [1.165, 1.54) is 57.8 Å². The number of benzene rings is 1. The number of aryl methyl sites for hydroxylation is 1. The van der Waals surface area contributed by atoms with Crippen molar-refractivity contribution in [3.63, 3.8) is 0 Å². The summed E-state index contributed by atoms with van der Waals surface area (Å²) in [6.45, 7) is 2.26. The molecule has 1 aromatic rings. The number of hydrogen-bond acceptors (Lipinski definition) is 1. The average molecular weight is 271 g/mol. The van der Waals surface area contributed by atoms with Crippen molar-refractivity contribution in [2.75, 3.05) is 0 Å². The molecule has 0 aromatic heterocycles. The number of phenols is 1. The Kier molecular flexibility index (Phi) is 13.0. The summed E-state index contributed by atoms with van der Waals surface area (Å²) in [5, 5.41) is 9.63. The van der Waals surface area contributed by atoms with Crippen LogP contribution in [0.3, 0.4) is 0 Å². The van der Waals surface area contributed by atoms with Gasteiger partial charge in [0.05, 0.1) is 0 Å². The Morgan fingerprint density at radius 1 is 0.789 bits per heavy atom. The van der Waals surface area contributed by atoms with Gasteiger partial charge in [-0.05, 0) is 24.5 Å². The molecule has 0 atom stereocenters. The van der Waals surface area contributed by atoms with E-state index in [9.17, 15) is 5.11 Å². The van der Waals surface area contributed by atoms with Crippen LogP contribution < -0.4 is 0 Å². The van der Waals surface area contributed by atoms with Crippen LogP contribution in [-0.4, -0.2) is 34.7 Å². The number of para-hydroxylation sites is 1. The van der Waals surface area contributed by atoms with Crippen LogP contribution in [-0.2, 0) is 6.42 Å². The molecule has 0 unspecified atom stereocenters. The molecule has 1 radical (unpaired) electrons. The summed E-state index contributed by atoms with van der Waals surface area (Å²) in [6.07, 6.45) is 13.2. The van der Waals surface area contributed by atoms with Crippen molar-refractivity contribution in [2.24, 2.45) is 0 Å². The predicted molar refractivity (Wildman–Crippen MR) is 84.8 cm³/mol. The van der Waals surface area contributed by atoms with E-state index in [-0.39, 0.29) is 29.6 Å². The van der Waals surface area contributed by atoms with E-state index in [1.54, 1.807) is 6.07 Å². The van der Waals surface area contributed by atoms with Crippen molar-refractivity contribution in [1.82, 2.24) is 0 Å². The van der Waals surface area contributed by atoms with Gasteiger partial charge in [-0.1, -0.05) is 76.5 Å². The maximum absolute atomic E-state index is 9.63. The molecule has 0 bridgehead atoms. The van der Waals surface area contributed by atoms with Gasteiger partial charge < -0.3 is 5.11 Å². The first-order valence-corrected chi connectivity index (χ1v) is 7.61. The summed E-state index contributed by atoms with van der Waals surface area (Å²) in [5.41, 5.74) is 1.10. The second-order valence-corrected chi connectivity index (χ2v) is 5.21. The van der Waals surface area contributed by atoms with Crippen LogP contribution in [0.15, 0.2) is 24.3 Å². The molecular formula is C17H28NaO. The van der Waals surface area contributed by atoms with Crippen LogP contribution in [0.2, 0.25) is 0 Å². The molecule has 0 saturated heterocycles. The molecule has 1 rings (SSSR count). The number of aromatic hydroxyl groups is 1. The number of rotatable bonds is 10. The van der Waals surface area contributed by atoms with E-state index in [0.717, 1.165) is 12.0 Å². The van der Waals surface area contributed by atoms with Crippen LogP contribution in [0.1, 0.15) is 70.3 Å². The maximum atomic E-state index is 9.63. The Labute approximate surface area is 141 Å². The minimum Gasteiger partial charge on any atom is -0.508 e. The molecule has 1 nitrogen and oxygen atoms in total. The monoisotopic (exact) mass is 271 g/mol. The van der Waals surface area contributed by atoms with Crippen molar-refractivity contribution in [1.29, 1.82) is 0 Å². The van der Waals surface area contributed by atoms with Crippen molar-refractivity contribution < 1.29 is 5.11 Å². The first kappa shape index (κ1) is 19.0. The molecule has 0 aliphatic carbocycles. The molecule has 0 aliphatic rings. The third-order valence-electron chi connectivity index (χ3n) is 3.54. The molecule has 0 heterocycles. The first-order valence-electron chi connectivity index (χ1n) is 7.61. The molecule has 0 amide bonds. The van der Waals surface area contributed by atoms with Gasteiger partial charge in [0.25, 0.3) is 0 Å². The Morgan fingerprint density at radius 2 is 1.32 bits per heavy atom. The smallest absolute Gasteiger partial charge is 0.118 e. The zero-order valence-electron chi connectivity index (χ0n) is 12.8. The van der Waals surface area contributed by atoms with E-state index in [4.69, 9.17) is 0 Å². The van der Waals surface area contributed by atoms with Gasteiger partial charge in [0.15, 0.2) is 0 Å². The van der Waals surface area contributed by atoms with Crippen LogP contribution in [0, 0.1) is 0 Å². The second-order valence-electron chi connectivity index (χ2n) is 5.21. The van der Waals surface area contributed by atoms with Gasteiger partial charge in [0.2, 0.25) is 0 Å². The fourth-order valence-corrected chi connectivity index (χ4v) is 2.35. The van der Waals surface area contributed by atoms with Crippen LogP contribution >= 0.6 is 0 Å². The number of hydrogen-bond donors (Lipinski definition) is 1. The zero-order valence-corrected chi connectivity index (χ0v) is 14.8. The standard InChI is InChI=1S/C17H28O.Na/c1-2-3-4-5-6-7-8-9-10-13-16-14-11-12-15-17(16)18;/h11-12,14-15,18H,2-10,13H2,1H3;. The largest absolute Gasteiger partial charge is 0.508 e. The van der Waals surface area contributed by atoms with Crippen molar-refractivity contribution >= 4 is 29.6 Å². The van der Waals surface area contributed by atoms with Crippen molar-refractivity contribution in [3.05, 3.63) is 29.8 Å². The summed E-state index contributed by atoms with van der Waals surface area (Å²) in [5.74, 6) is 0.456. The average Bonchev–Trinajstić information content (AvgIpc) is 2.39. The number of phenolic OH excluding ortho intramolecular Hbond substituents is 1. The summed E-state index contributed by atoms with van der Waals surface area (Å²) < 4.78 is 0. The molecule has 2 heteroatoms. The Bertz CT molecular complexity index is 312. The molecule has 19 heavy (non-hydrogen) atoms. The molecule has 0 saturated carbocycles. The van der Waals surface area contributed by atoms with E-state index < -0.39 is 0 Å². The molecule has 103 valence electrons. The van der Waals surface area contributed by atoms with Gasteiger partial charge in [0, 0.05) is 29.6 Å². The normalized spacial score (nSPS) is 10.2. The van der Waals surface area contributed by atoms with Gasteiger partial charge in [-0.2, -0.15) is 0 Å². The molecule has 0 aliphatic heterocycles. The Hall–Kier alpha value is 0.0200. The Balaban J connectivity index is 0.00000324. The topological polar surface area (TPSA) is 20.2 Å². The molecular weight excluding hydrogens is 243 g/mol. The number of unbranched alkanes of at least 4 members (excludes halogenated alkanes) is 8. The SMILES string of the molecule is CCCCCCCCCCCc1ccccc1O.[Na]. The van der Waals surface area contributed by atoms with Crippen LogP contribution in [0.4, 0.5) is 0 Å². The fourth-order valence-electron chi connectivity index (χ4n) is 2.35. The summed E-state index contributed by atoms with van der Waals surface area (Å²) >= 11 is 0. The summed E-state index contributed by atoms with van der Waals surface area (Å²) in [7, 11) is 0.